The highest BCUT2D eigenvalue weighted by atomic mass is 16.5. The minimum Gasteiger partial charge on any atom is -0.487 e. The lowest BCUT2D eigenvalue weighted by atomic mass is 9.89. The zero-order chi connectivity index (χ0) is 20.4. The minimum atomic E-state index is -0.304. The molecular formula is C23H30N4O2. The number of carbonyl (C=O) groups excluding carboxylic acids is 1. The predicted molar refractivity (Wildman–Crippen MR) is 113 cm³/mol. The molecule has 3 heterocycles. The highest BCUT2D eigenvalue weighted by Gasteiger charge is 2.35. The number of hydrogen-bond donors (Lipinski definition) is 1. The highest BCUT2D eigenvalue weighted by Crippen LogP contribution is 2.39. The molecule has 2 aliphatic heterocycles. The van der Waals surface area contributed by atoms with E-state index in [1.54, 1.807) is 0 Å². The number of aromatic nitrogens is 1. The highest BCUT2D eigenvalue weighted by molar-refractivity contribution is 5.75. The van der Waals surface area contributed by atoms with E-state index in [-0.39, 0.29) is 17.7 Å². The second-order valence-electron chi connectivity index (χ2n) is 8.69. The van der Waals surface area contributed by atoms with Crippen LogP contribution in [0.3, 0.4) is 0 Å². The van der Waals surface area contributed by atoms with Gasteiger partial charge in [0.05, 0.1) is 11.7 Å². The van der Waals surface area contributed by atoms with Crippen LogP contribution in [0.1, 0.15) is 43.1 Å². The van der Waals surface area contributed by atoms with Crippen molar-refractivity contribution in [2.45, 2.75) is 45.4 Å². The number of pyridine rings is 1. The average molecular weight is 395 g/mol. The Morgan fingerprint density at radius 1 is 1.21 bits per heavy atom. The summed E-state index contributed by atoms with van der Waals surface area (Å²) in [6.45, 7) is 10.2. The molecule has 2 amide bonds. The van der Waals surface area contributed by atoms with Crippen LogP contribution in [0.5, 0.6) is 5.75 Å². The van der Waals surface area contributed by atoms with Crippen LogP contribution in [-0.4, -0.2) is 52.6 Å². The Morgan fingerprint density at radius 2 is 2.00 bits per heavy atom. The average Bonchev–Trinajstić information content (AvgIpc) is 2.69. The second kappa shape index (κ2) is 8.03. The summed E-state index contributed by atoms with van der Waals surface area (Å²) in [5.41, 5.74) is 3.02. The summed E-state index contributed by atoms with van der Waals surface area (Å²) in [5.74, 6) is 0.873. The topological polar surface area (TPSA) is 57.7 Å². The first-order valence-electron chi connectivity index (χ1n) is 10.4. The molecule has 6 nitrogen and oxygen atoms in total. The number of amides is 2. The number of nitrogens with one attached hydrogen (secondary N) is 1. The summed E-state index contributed by atoms with van der Waals surface area (Å²) >= 11 is 0. The zero-order valence-corrected chi connectivity index (χ0v) is 17.5. The third kappa shape index (κ3) is 4.70. The number of urea groups is 1. The fourth-order valence-electron chi connectivity index (χ4n) is 4.17. The zero-order valence-electron chi connectivity index (χ0n) is 17.5. The Kier molecular flexibility index (Phi) is 5.46. The molecule has 1 N–H and O–H groups in total. The number of piperazine rings is 1. The number of fused-ring (bicyclic) bond motifs is 1. The molecule has 0 bridgehead atoms. The Hall–Kier alpha value is -2.60. The predicted octanol–water partition coefficient (Wildman–Crippen LogP) is 3.52. The summed E-state index contributed by atoms with van der Waals surface area (Å²) in [7, 11) is 0. The molecule has 4 rings (SSSR count). The first kappa shape index (κ1) is 19.7. The number of rotatable bonds is 3. The van der Waals surface area contributed by atoms with Gasteiger partial charge in [-0.25, -0.2) is 4.79 Å². The van der Waals surface area contributed by atoms with Gasteiger partial charge in [-0.2, -0.15) is 0 Å². The molecular weight excluding hydrogens is 364 g/mol. The summed E-state index contributed by atoms with van der Waals surface area (Å²) in [6, 6.07) is 12.2. The smallest absolute Gasteiger partial charge is 0.317 e. The van der Waals surface area contributed by atoms with Gasteiger partial charge in [0.15, 0.2) is 0 Å². The Morgan fingerprint density at radius 3 is 2.72 bits per heavy atom. The largest absolute Gasteiger partial charge is 0.487 e. The molecule has 2 aromatic rings. The third-order valence-electron chi connectivity index (χ3n) is 5.69. The molecule has 1 aromatic heterocycles. The first-order chi connectivity index (χ1) is 13.9. The number of benzene rings is 1. The normalized spacial score (nSPS) is 21.2. The number of nitrogens with zero attached hydrogens (tertiary/aromatic N) is 3. The maximum Gasteiger partial charge on any atom is 0.317 e. The van der Waals surface area contributed by atoms with Gasteiger partial charge in [0.25, 0.3) is 0 Å². The second-order valence-corrected chi connectivity index (χ2v) is 8.69. The van der Waals surface area contributed by atoms with Crippen molar-refractivity contribution >= 4 is 6.03 Å². The van der Waals surface area contributed by atoms with Gasteiger partial charge in [0, 0.05) is 50.9 Å². The quantitative estimate of drug-likeness (QED) is 0.865. The molecule has 6 heteroatoms. The molecule has 154 valence electrons. The van der Waals surface area contributed by atoms with Gasteiger partial charge in [-0.05, 0) is 39.0 Å². The summed E-state index contributed by atoms with van der Waals surface area (Å²) < 4.78 is 6.12. The monoisotopic (exact) mass is 394 g/mol. The van der Waals surface area contributed by atoms with E-state index in [1.807, 2.05) is 35.4 Å². The van der Waals surface area contributed by atoms with Crippen LogP contribution in [0.2, 0.25) is 0 Å². The van der Waals surface area contributed by atoms with Crippen LogP contribution in [0.4, 0.5) is 4.79 Å². The standard InChI is InChI=1S/C23H30N4O2/c1-17-7-8-21-19(14-17)20(15-23(2,3)29-21)25-22(28)27-12-10-26(11-13-27)16-18-6-4-5-9-24-18/h4-9,14,20H,10-13,15-16H2,1-3H3,(H,25,28). The fourth-order valence-corrected chi connectivity index (χ4v) is 4.17. The molecule has 0 radical (unpaired) electrons. The van der Waals surface area contributed by atoms with Crippen LogP contribution in [0.25, 0.3) is 0 Å². The molecule has 0 aliphatic carbocycles. The summed E-state index contributed by atoms with van der Waals surface area (Å²) in [5, 5.41) is 3.27. The van der Waals surface area contributed by atoms with Crippen LogP contribution < -0.4 is 10.1 Å². The van der Waals surface area contributed by atoms with E-state index in [2.05, 4.69) is 48.1 Å². The van der Waals surface area contributed by atoms with E-state index in [1.165, 1.54) is 5.56 Å². The summed E-state index contributed by atoms with van der Waals surface area (Å²) in [6.07, 6.45) is 2.59. The number of aryl methyl sites for hydroxylation is 1. The van der Waals surface area contributed by atoms with Gasteiger partial charge < -0.3 is 15.0 Å². The van der Waals surface area contributed by atoms with Crippen molar-refractivity contribution in [2.24, 2.45) is 0 Å². The fraction of sp³-hybridized carbons (Fsp3) is 0.478. The van der Waals surface area contributed by atoms with E-state index in [9.17, 15) is 4.79 Å². The van der Waals surface area contributed by atoms with Gasteiger partial charge in [-0.15, -0.1) is 0 Å². The first-order valence-corrected chi connectivity index (χ1v) is 10.4. The lowest BCUT2D eigenvalue weighted by Crippen LogP contribution is -2.53. The third-order valence-corrected chi connectivity index (χ3v) is 5.69. The van der Waals surface area contributed by atoms with Crippen molar-refractivity contribution in [3.8, 4) is 5.75 Å². The van der Waals surface area contributed by atoms with E-state index >= 15 is 0 Å². The van der Waals surface area contributed by atoms with E-state index in [0.717, 1.165) is 56.2 Å². The van der Waals surface area contributed by atoms with Crippen molar-refractivity contribution in [3.05, 3.63) is 59.4 Å². The Balaban J connectivity index is 1.37. The molecule has 0 saturated carbocycles. The number of hydrogen-bond acceptors (Lipinski definition) is 4. The maximum absolute atomic E-state index is 13.0. The van der Waals surface area contributed by atoms with Crippen LogP contribution in [-0.2, 0) is 6.54 Å². The summed E-state index contributed by atoms with van der Waals surface area (Å²) in [4.78, 5) is 21.7. The van der Waals surface area contributed by atoms with Crippen molar-refractivity contribution in [3.63, 3.8) is 0 Å². The molecule has 2 aliphatic rings. The van der Waals surface area contributed by atoms with Crippen molar-refractivity contribution < 1.29 is 9.53 Å². The van der Waals surface area contributed by atoms with E-state index in [4.69, 9.17) is 4.74 Å². The van der Waals surface area contributed by atoms with E-state index in [0.29, 0.717) is 0 Å². The number of ether oxygens (including phenoxy) is 1. The molecule has 0 spiro atoms. The Bertz CT molecular complexity index is 860. The molecule has 1 aromatic carbocycles. The number of carbonyl (C=O) groups is 1. The lowest BCUT2D eigenvalue weighted by molar-refractivity contribution is 0.0651. The van der Waals surface area contributed by atoms with Gasteiger partial charge >= 0.3 is 6.03 Å². The van der Waals surface area contributed by atoms with Crippen molar-refractivity contribution in [2.75, 3.05) is 26.2 Å². The maximum atomic E-state index is 13.0. The molecule has 1 unspecified atom stereocenters. The lowest BCUT2D eigenvalue weighted by Gasteiger charge is -2.40. The molecule has 1 fully saturated rings. The molecule has 29 heavy (non-hydrogen) atoms. The van der Waals surface area contributed by atoms with Crippen molar-refractivity contribution in [1.82, 2.24) is 20.1 Å². The van der Waals surface area contributed by atoms with Crippen molar-refractivity contribution in [1.29, 1.82) is 0 Å². The van der Waals surface area contributed by atoms with Gasteiger partial charge in [-0.1, -0.05) is 23.8 Å². The van der Waals surface area contributed by atoms with Crippen LogP contribution in [0, 0.1) is 6.92 Å². The van der Waals surface area contributed by atoms with E-state index < -0.39 is 0 Å². The van der Waals surface area contributed by atoms with Crippen LogP contribution in [0.15, 0.2) is 42.6 Å². The van der Waals surface area contributed by atoms with Gasteiger partial charge in [0.1, 0.15) is 11.4 Å². The minimum absolute atomic E-state index is 0.0117. The molecule has 1 saturated heterocycles. The van der Waals surface area contributed by atoms with Gasteiger partial charge in [-0.3, -0.25) is 9.88 Å². The molecule has 1 atom stereocenters. The van der Waals surface area contributed by atoms with Gasteiger partial charge in [0.2, 0.25) is 0 Å². The van der Waals surface area contributed by atoms with Crippen LogP contribution >= 0.6 is 0 Å². The Labute approximate surface area is 172 Å². The SMILES string of the molecule is Cc1ccc2c(c1)C(NC(=O)N1CCN(Cc3ccccn3)CC1)CC(C)(C)O2.